The minimum absolute atomic E-state index is 0.366. The fourth-order valence-corrected chi connectivity index (χ4v) is 0.728. The molecule has 0 aromatic carbocycles. The van der Waals surface area contributed by atoms with Crippen molar-refractivity contribution < 1.29 is 9.90 Å². The topological polar surface area (TPSA) is 76.0 Å². The fraction of sp³-hybridized carbons (Fsp3) is 0.500. The van der Waals surface area contributed by atoms with Crippen molar-refractivity contribution >= 4 is 5.97 Å². The fourth-order valence-electron chi connectivity index (χ4n) is 0.728. The minimum Gasteiger partial charge on any atom is -0.481 e. The van der Waals surface area contributed by atoms with Gasteiger partial charge in [0.05, 0.1) is 11.9 Å². The van der Waals surface area contributed by atoms with Crippen LogP contribution in [0.25, 0.3) is 0 Å². The Bertz CT molecular complexity index is 319. The summed E-state index contributed by atoms with van der Waals surface area (Å²) in [5.74, 6) is -0.405. The third kappa shape index (κ3) is 1.80. The SMILES string of the molecule is Cc1ncc(C(C)(C)C(=O)O)nn1. The Morgan fingerprint density at radius 2 is 2.08 bits per heavy atom. The number of carboxylic acids is 1. The summed E-state index contributed by atoms with van der Waals surface area (Å²) in [6.07, 6.45) is 1.44. The maximum absolute atomic E-state index is 10.8. The molecule has 1 heterocycles. The quantitative estimate of drug-likeness (QED) is 0.720. The van der Waals surface area contributed by atoms with Gasteiger partial charge < -0.3 is 5.11 Å². The molecule has 0 saturated heterocycles. The Balaban J connectivity index is 3.08. The van der Waals surface area contributed by atoms with Gasteiger partial charge in [-0.1, -0.05) is 0 Å². The summed E-state index contributed by atoms with van der Waals surface area (Å²) in [5, 5.41) is 16.3. The maximum atomic E-state index is 10.8. The zero-order valence-electron chi connectivity index (χ0n) is 7.77. The third-order valence-electron chi connectivity index (χ3n) is 1.85. The van der Waals surface area contributed by atoms with E-state index >= 15 is 0 Å². The van der Waals surface area contributed by atoms with Crippen molar-refractivity contribution in [1.29, 1.82) is 0 Å². The van der Waals surface area contributed by atoms with Crippen LogP contribution in [0, 0.1) is 6.92 Å². The highest BCUT2D eigenvalue weighted by atomic mass is 16.4. The van der Waals surface area contributed by atoms with Crippen molar-refractivity contribution in [1.82, 2.24) is 15.2 Å². The van der Waals surface area contributed by atoms with Gasteiger partial charge in [0.25, 0.3) is 0 Å². The van der Waals surface area contributed by atoms with Crippen molar-refractivity contribution in [3.8, 4) is 0 Å². The van der Waals surface area contributed by atoms with E-state index in [1.54, 1.807) is 20.8 Å². The van der Waals surface area contributed by atoms with Crippen LogP contribution in [0.3, 0.4) is 0 Å². The van der Waals surface area contributed by atoms with Crippen LogP contribution in [0.2, 0.25) is 0 Å². The molecule has 0 spiro atoms. The van der Waals surface area contributed by atoms with Crippen molar-refractivity contribution in [2.24, 2.45) is 0 Å². The second-order valence-corrected chi connectivity index (χ2v) is 3.32. The van der Waals surface area contributed by atoms with Gasteiger partial charge in [0.15, 0.2) is 0 Å². The van der Waals surface area contributed by atoms with E-state index in [1.807, 2.05) is 0 Å². The highest BCUT2D eigenvalue weighted by molar-refractivity contribution is 5.79. The lowest BCUT2D eigenvalue weighted by atomic mass is 9.90. The first-order valence-corrected chi connectivity index (χ1v) is 3.85. The van der Waals surface area contributed by atoms with Crippen LogP contribution >= 0.6 is 0 Å². The Morgan fingerprint density at radius 3 is 2.46 bits per heavy atom. The first-order chi connectivity index (χ1) is 5.94. The number of carboxylic acid groups (broad SMARTS) is 1. The lowest BCUT2D eigenvalue weighted by molar-refractivity contribution is -0.142. The Morgan fingerprint density at radius 1 is 1.46 bits per heavy atom. The Hall–Kier alpha value is -1.52. The van der Waals surface area contributed by atoms with Crippen LogP contribution in [0.5, 0.6) is 0 Å². The molecule has 0 saturated carbocycles. The van der Waals surface area contributed by atoms with Crippen LogP contribution in [0.1, 0.15) is 25.4 Å². The highest BCUT2D eigenvalue weighted by Crippen LogP contribution is 2.19. The number of carbonyl (C=O) groups is 1. The van der Waals surface area contributed by atoms with E-state index in [2.05, 4.69) is 15.2 Å². The zero-order valence-corrected chi connectivity index (χ0v) is 7.77. The van der Waals surface area contributed by atoms with E-state index in [0.29, 0.717) is 11.5 Å². The number of rotatable bonds is 2. The largest absolute Gasteiger partial charge is 0.481 e. The maximum Gasteiger partial charge on any atom is 0.315 e. The molecule has 5 heteroatoms. The molecule has 1 N–H and O–H groups in total. The monoisotopic (exact) mass is 181 g/mol. The van der Waals surface area contributed by atoms with Crippen LogP contribution in [-0.4, -0.2) is 26.3 Å². The highest BCUT2D eigenvalue weighted by Gasteiger charge is 2.31. The van der Waals surface area contributed by atoms with E-state index < -0.39 is 11.4 Å². The summed E-state index contributed by atoms with van der Waals surface area (Å²) in [6, 6.07) is 0. The van der Waals surface area contributed by atoms with E-state index in [4.69, 9.17) is 5.11 Å². The number of aryl methyl sites for hydroxylation is 1. The molecule has 0 aliphatic carbocycles. The molecule has 1 aromatic heterocycles. The zero-order chi connectivity index (χ0) is 10.1. The number of hydrogen-bond acceptors (Lipinski definition) is 4. The molecule has 0 aliphatic heterocycles. The smallest absolute Gasteiger partial charge is 0.315 e. The van der Waals surface area contributed by atoms with Crippen molar-refractivity contribution in [2.75, 3.05) is 0 Å². The minimum atomic E-state index is -1.03. The normalized spacial score (nSPS) is 11.3. The van der Waals surface area contributed by atoms with Crippen LogP contribution in [0.4, 0.5) is 0 Å². The lowest BCUT2D eigenvalue weighted by Gasteiger charge is -2.16. The second kappa shape index (κ2) is 3.08. The molecule has 5 nitrogen and oxygen atoms in total. The predicted molar refractivity (Wildman–Crippen MR) is 45.2 cm³/mol. The first-order valence-electron chi connectivity index (χ1n) is 3.85. The number of aromatic nitrogens is 3. The van der Waals surface area contributed by atoms with Gasteiger partial charge in [-0.15, -0.1) is 5.10 Å². The molecule has 1 rings (SSSR count). The van der Waals surface area contributed by atoms with Gasteiger partial charge in [-0.2, -0.15) is 5.10 Å². The third-order valence-corrected chi connectivity index (χ3v) is 1.85. The van der Waals surface area contributed by atoms with Gasteiger partial charge in [-0.3, -0.25) is 4.79 Å². The molecule has 0 atom stereocenters. The standard InChI is InChI=1S/C8H11N3O2/c1-5-9-4-6(11-10-5)8(2,3)7(12)13/h4H,1-3H3,(H,12,13). The number of hydrogen-bond donors (Lipinski definition) is 1. The average molecular weight is 181 g/mol. The van der Waals surface area contributed by atoms with Gasteiger partial charge in [0.1, 0.15) is 11.2 Å². The second-order valence-electron chi connectivity index (χ2n) is 3.32. The van der Waals surface area contributed by atoms with Crippen molar-refractivity contribution in [2.45, 2.75) is 26.2 Å². The molecular formula is C8H11N3O2. The number of aliphatic carboxylic acids is 1. The van der Waals surface area contributed by atoms with Gasteiger partial charge in [-0.05, 0) is 20.8 Å². The van der Waals surface area contributed by atoms with Crippen LogP contribution in [0.15, 0.2) is 6.20 Å². The molecular weight excluding hydrogens is 170 g/mol. The van der Waals surface area contributed by atoms with Crippen LogP contribution in [-0.2, 0) is 10.2 Å². The van der Waals surface area contributed by atoms with Gasteiger partial charge in [-0.25, -0.2) is 4.98 Å². The van der Waals surface area contributed by atoms with Gasteiger partial charge >= 0.3 is 5.97 Å². The molecule has 1 aromatic rings. The summed E-state index contributed by atoms with van der Waals surface area (Å²) in [7, 11) is 0. The predicted octanol–water partition coefficient (Wildman–Crippen LogP) is 0.542. The van der Waals surface area contributed by atoms with E-state index in [9.17, 15) is 4.79 Å². The molecule has 0 fully saturated rings. The summed E-state index contributed by atoms with van der Waals surface area (Å²) in [5.41, 5.74) is -0.668. The average Bonchev–Trinajstić information content (AvgIpc) is 2.04. The van der Waals surface area contributed by atoms with Gasteiger partial charge in [0.2, 0.25) is 0 Å². The Kier molecular flexibility index (Phi) is 2.27. The Labute approximate surface area is 75.8 Å². The van der Waals surface area contributed by atoms with E-state index in [1.165, 1.54) is 6.20 Å². The number of nitrogens with zero attached hydrogens (tertiary/aromatic N) is 3. The molecule has 13 heavy (non-hydrogen) atoms. The first kappa shape index (κ1) is 9.57. The van der Waals surface area contributed by atoms with E-state index in [-0.39, 0.29) is 0 Å². The molecule has 70 valence electrons. The summed E-state index contributed by atoms with van der Waals surface area (Å²) in [6.45, 7) is 4.83. The summed E-state index contributed by atoms with van der Waals surface area (Å²) in [4.78, 5) is 14.7. The molecule has 0 bridgehead atoms. The molecule has 0 radical (unpaired) electrons. The van der Waals surface area contributed by atoms with E-state index in [0.717, 1.165) is 0 Å². The van der Waals surface area contributed by atoms with Crippen molar-refractivity contribution in [3.63, 3.8) is 0 Å². The molecule has 0 aliphatic rings. The summed E-state index contributed by atoms with van der Waals surface area (Å²) < 4.78 is 0. The lowest BCUT2D eigenvalue weighted by Crippen LogP contribution is -2.30. The summed E-state index contributed by atoms with van der Waals surface area (Å²) >= 11 is 0. The van der Waals surface area contributed by atoms with Gasteiger partial charge in [0, 0.05) is 0 Å². The van der Waals surface area contributed by atoms with Crippen LogP contribution < -0.4 is 0 Å². The molecule has 0 amide bonds. The van der Waals surface area contributed by atoms with Crippen molar-refractivity contribution in [3.05, 3.63) is 17.7 Å². The molecule has 0 unspecified atom stereocenters.